The van der Waals surface area contributed by atoms with Crippen LogP contribution in [0.2, 0.25) is 0 Å². The van der Waals surface area contributed by atoms with E-state index in [9.17, 15) is 9.59 Å². The number of nitrogens with one attached hydrogen (secondary N) is 1. The molecule has 1 N–H and O–H groups in total. The average Bonchev–Trinajstić information content (AvgIpc) is 2.75. The Morgan fingerprint density at radius 2 is 2.18 bits per heavy atom. The monoisotopic (exact) mass is 270 g/mol. The number of hydrogen-bond acceptors (Lipinski definition) is 5. The molecule has 6 nitrogen and oxygen atoms in total. The predicted octanol–water partition coefficient (Wildman–Crippen LogP) is 0.621. The van der Waals surface area contributed by atoms with Crippen LogP contribution in [0.5, 0.6) is 0 Å². The van der Waals surface area contributed by atoms with Crippen LogP contribution in [0.1, 0.15) is 0 Å². The van der Waals surface area contributed by atoms with E-state index < -0.39 is 0 Å². The van der Waals surface area contributed by atoms with E-state index in [2.05, 4.69) is 9.97 Å². The number of fused-ring (bicyclic) bond motifs is 1. The van der Waals surface area contributed by atoms with E-state index in [1.165, 1.54) is 20.9 Å². The molecule has 0 unspecified atom stereocenters. The minimum absolute atomic E-state index is 0.221. The van der Waals surface area contributed by atoms with Crippen molar-refractivity contribution in [2.75, 3.05) is 5.75 Å². The number of carbonyl (C=O) groups excluding carboxylic acids is 1. The topological polar surface area (TPSA) is 72.7 Å². The first-order chi connectivity index (χ1) is 8.06. The first kappa shape index (κ1) is 12.1. The van der Waals surface area contributed by atoms with Crippen LogP contribution in [0.3, 0.4) is 0 Å². The Balaban J connectivity index is 2.72. The molecule has 2 aromatic rings. The van der Waals surface area contributed by atoms with E-state index in [-0.39, 0.29) is 5.69 Å². The van der Waals surface area contributed by atoms with Gasteiger partial charge in [-0.3, -0.25) is 9.13 Å². The largest absolute Gasteiger partial charge is 0.330 e. The highest BCUT2D eigenvalue weighted by Crippen LogP contribution is 2.17. The molecule has 0 aliphatic rings. The van der Waals surface area contributed by atoms with Gasteiger partial charge in [-0.2, -0.15) is 0 Å². The minimum Gasteiger partial charge on any atom is -0.329 e. The summed E-state index contributed by atoms with van der Waals surface area (Å²) in [5.74, 6) is 0.312. The van der Waals surface area contributed by atoms with E-state index in [1.807, 2.05) is 0 Å². The Morgan fingerprint density at radius 3 is 2.82 bits per heavy atom. The number of aromatic nitrogens is 4. The summed E-state index contributed by atoms with van der Waals surface area (Å²) in [6.07, 6.45) is 0.797. The first-order valence-corrected chi connectivity index (χ1v) is 6.17. The smallest absolute Gasteiger partial charge is 0.329 e. The summed E-state index contributed by atoms with van der Waals surface area (Å²) >= 11 is 6.44. The van der Waals surface area contributed by atoms with Crippen LogP contribution in [0.4, 0.5) is 0 Å². The molecule has 0 atom stereocenters. The van der Waals surface area contributed by atoms with Crippen LogP contribution in [-0.4, -0.2) is 31.1 Å². The summed E-state index contributed by atoms with van der Waals surface area (Å²) < 4.78 is 3.21. The molecule has 0 radical (unpaired) electrons. The van der Waals surface area contributed by atoms with Crippen LogP contribution in [-0.2, 0) is 18.9 Å². The van der Waals surface area contributed by atoms with Crippen LogP contribution in [0.25, 0.3) is 11.2 Å². The van der Waals surface area contributed by atoms with Crippen molar-refractivity contribution in [3.05, 3.63) is 15.1 Å². The number of hydrogen-bond donors (Lipinski definition) is 1. The third-order valence-corrected chi connectivity index (χ3v) is 3.61. The third-order valence-electron chi connectivity index (χ3n) is 2.36. The zero-order valence-electron chi connectivity index (χ0n) is 9.26. The Kier molecular flexibility index (Phi) is 3.16. The van der Waals surface area contributed by atoms with Crippen LogP contribution in [0.15, 0.2) is 9.95 Å². The van der Waals surface area contributed by atoms with Gasteiger partial charge in [-0.25, -0.2) is 9.78 Å². The van der Waals surface area contributed by atoms with Crippen molar-refractivity contribution in [1.29, 1.82) is 0 Å². The molecule has 2 heterocycles. The second-order valence-electron chi connectivity index (χ2n) is 3.42. The second-order valence-corrected chi connectivity index (χ2v) is 4.82. The number of nitrogens with zero attached hydrogens (tertiary/aromatic N) is 3. The fraction of sp³-hybridized carbons (Fsp3) is 0.333. The van der Waals surface area contributed by atoms with E-state index in [0.29, 0.717) is 26.7 Å². The van der Waals surface area contributed by atoms with Gasteiger partial charge >= 0.3 is 5.69 Å². The molecule has 2 rings (SSSR count). The van der Waals surface area contributed by atoms with Gasteiger partial charge in [-0.05, 0) is 0 Å². The summed E-state index contributed by atoms with van der Waals surface area (Å²) in [7, 11) is 3.25. The van der Waals surface area contributed by atoms with Crippen molar-refractivity contribution < 1.29 is 4.79 Å². The highest BCUT2D eigenvalue weighted by molar-refractivity contribution is 7.99. The van der Waals surface area contributed by atoms with Crippen molar-refractivity contribution in [2.24, 2.45) is 14.1 Å². The molecule has 8 heteroatoms. The lowest BCUT2D eigenvalue weighted by molar-refractivity contribution is -0.105. The Hall–Kier alpha value is -1.41. The second kappa shape index (κ2) is 4.46. The average molecular weight is 270 g/mol. The van der Waals surface area contributed by atoms with Crippen LogP contribution >= 0.6 is 24.0 Å². The molecule has 0 aromatic carbocycles. The molecule has 17 heavy (non-hydrogen) atoms. The molecule has 90 valence electrons. The first-order valence-electron chi connectivity index (χ1n) is 4.78. The maximum absolute atomic E-state index is 11.8. The predicted molar refractivity (Wildman–Crippen MR) is 67.9 cm³/mol. The number of imidazole rings is 1. The van der Waals surface area contributed by atoms with E-state index >= 15 is 0 Å². The van der Waals surface area contributed by atoms with Crippen molar-refractivity contribution in [2.45, 2.75) is 5.16 Å². The fourth-order valence-corrected chi connectivity index (χ4v) is 2.26. The SMILES string of the molecule is Cn1c(=S)c2[nH]c(SCC=O)nc2n(C)c1=O. The van der Waals surface area contributed by atoms with Gasteiger partial charge in [0.2, 0.25) is 0 Å². The standard InChI is InChI=1S/C9H10N4O2S2/c1-12-6-5(7(16)13(2)9(12)15)10-8(11-6)17-4-3-14/h3H,4H2,1-2H3,(H,10,11). The minimum atomic E-state index is -0.221. The van der Waals surface area contributed by atoms with Gasteiger partial charge in [-0.1, -0.05) is 24.0 Å². The summed E-state index contributed by atoms with van der Waals surface area (Å²) in [6, 6.07) is 0. The molecule has 0 bridgehead atoms. The van der Waals surface area contributed by atoms with E-state index in [4.69, 9.17) is 12.2 Å². The van der Waals surface area contributed by atoms with Crippen molar-refractivity contribution in [3.63, 3.8) is 0 Å². The molecule has 0 saturated heterocycles. The molecule has 0 amide bonds. The van der Waals surface area contributed by atoms with Crippen molar-refractivity contribution >= 4 is 41.4 Å². The number of H-pyrrole nitrogens is 1. The van der Waals surface area contributed by atoms with Gasteiger partial charge in [-0.15, -0.1) is 0 Å². The normalized spacial score (nSPS) is 10.9. The number of rotatable bonds is 3. The lowest BCUT2D eigenvalue weighted by atomic mass is 10.5. The number of aldehydes is 1. The molecule has 0 spiro atoms. The van der Waals surface area contributed by atoms with Gasteiger partial charge in [0.1, 0.15) is 16.4 Å². The van der Waals surface area contributed by atoms with Gasteiger partial charge in [0, 0.05) is 14.1 Å². The Labute approximate surface area is 106 Å². The highest BCUT2D eigenvalue weighted by atomic mass is 32.2. The Bertz CT molecular complexity index is 697. The molecule has 0 saturated carbocycles. The van der Waals surface area contributed by atoms with Gasteiger partial charge < -0.3 is 9.78 Å². The van der Waals surface area contributed by atoms with Crippen molar-refractivity contribution in [3.8, 4) is 0 Å². The van der Waals surface area contributed by atoms with Crippen LogP contribution in [0, 0.1) is 4.64 Å². The summed E-state index contributed by atoms with van der Waals surface area (Å²) in [5, 5.41) is 0.583. The van der Waals surface area contributed by atoms with Crippen LogP contribution < -0.4 is 5.69 Å². The number of carbonyl (C=O) groups is 1. The molecule has 2 aromatic heterocycles. The summed E-state index contributed by atoms with van der Waals surface area (Å²) in [4.78, 5) is 29.3. The molecular weight excluding hydrogens is 260 g/mol. The van der Waals surface area contributed by atoms with Gasteiger partial charge in [0.05, 0.1) is 5.75 Å². The summed E-state index contributed by atoms with van der Waals surface area (Å²) in [5.41, 5.74) is 0.922. The zero-order chi connectivity index (χ0) is 12.6. The number of thioether (sulfide) groups is 1. The van der Waals surface area contributed by atoms with Gasteiger partial charge in [0.25, 0.3) is 0 Å². The fourth-order valence-electron chi connectivity index (χ4n) is 1.49. The highest BCUT2D eigenvalue weighted by Gasteiger charge is 2.11. The number of aromatic amines is 1. The zero-order valence-corrected chi connectivity index (χ0v) is 10.9. The molecule has 0 aliphatic carbocycles. The summed E-state index contributed by atoms with van der Waals surface area (Å²) in [6.45, 7) is 0. The maximum atomic E-state index is 11.8. The lowest BCUT2D eigenvalue weighted by Gasteiger charge is -2.02. The Morgan fingerprint density at radius 1 is 1.47 bits per heavy atom. The van der Waals surface area contributed by atoms with Crippen molar-refractivity contribution in [1.82, 2.24) is 19.1 Å². The van der Waals surface area contributed by atoms with Gasteiger partial charge in [0.15, 0.2) is 10.8 Å². The maximum Gasteiger partial charge on any atom is 0.330 e. The molecular formula is C9H10N4O2S2. The quantitative estimate of drug-likeness (QED) is 0.503. The van der Waals surface area contributed by atoms with E-state index in [0.717, 1.165) is 6.29 Å². The number of aryl methyl sites for hydroxylation is 1. The molecule has 0 fully saturated rings. The van der Waals surface area contributed by atoms with E-state index in [1.54, 1.807) is 14.1 Å². The lowest BCUT2D eigenvalue weighted by Crippen LogP contribution is -2.27. The third kappa shape index (κ3) is 1.93. The molecule has 0 aliphatic heterocycles.